The molecule has 0 radical (unpaired) electrons. The second-order valence-electron chi connectivity index (χ2n) is 6.36. The fourth-order valence-electron chi connectivity index (χ4n) is 2.44. The van der Waals surface area contributed by atoms with Crippen LogP contribution >= 0.6 is 0 Å². The molecule has 134 valence electrons. The van der Waals surface area contributed by atoms with Crippen LogP contribution in [0.2, 0.25) is 0 Å². The molecule has 3 N–H and O–H groups in total. The number of Topliss-reactive ketones (excluding diaryl/α,β-unsaturated/α-hetero) is 1. The highest BCUT2D eigenvalue weighted by molar-refractivity contribution is 5.98. The zero-order valence-corrected chi connectivity index (χ0v) is 14.5. The van der Waals surface area contributed by atoms with Crippen molar-refractivity contribution in [3.05, 3.63) is 59.7 Å². The third-order valence-electron chi connectivity index (χ3n) is 4.07. The lowest BCUT2D eigenvalue weighted by molar-refractivity contribution is -0.114. The van der Waals surface area contributed by atoms with E-state index in [0.717, 1.165) is 18.5 Å². The Morgan fingerprint density at radius 3 is 2.35 bits per heavy atom. The molecular weight excluding hydrogens is 330 g/mol. The van der Waals surface area contributed by atoms with Crippen molar-refractivity contribution in [2.75, 3.05) is 17.2 Å². The Hall–Kier alpha value is -3.15. The van der Waals surface area contributed by atoms with Crippen molar-refractivity contribution < 1.29 is 14.4 Å². The van der Waals surface area contributed by atoms with E-state index in [1.165, 1.54) is 6.92 Å². The number of benzene rings is 2. The van der Waals surface area contributed by atoms with E-state index in [4.69, 9.17) is 0 Å². The molecule has 0 atom stereocenters. The van der Waals surface area contributed by atoms with Gasteiger partial charge in [0.05, 0.1) is 6.54 Å². The van der Waals surface area contributed by atoms with Crippen LogP contribution < -0.4 is 16.0 Å². The highest BCUT2D eigenvalue weighted by Gasteiger charge is 2.23. The summed E-state index contributed by atoms with van der Waals surface area (Å²) in [6.07, 6.45) is 2.06. The van der Waals surface area contributed by atoms with Crippen LogP contribution in [0.4, 0.5) is 11.4 Å². The molecule has 26 heavy (non-hydrogen) atoms. The maximum absolute atomic E-state index is 12.1. The van der Waals surface area contributed by atoms with E-state index in [0.29, 0.717) is 22.9 Å². The number of carbonyl (C=O) groups excluding carboxylic acids is 3. The Morgan fingerprint density at radius 2 is 1.69 bits per heavy atom. The largest absolute Gasteiger partial charge is 0.376 e. The predicted molar refractivity (Wildman–Crippen MR) is 100 cm³/mol. The zero-order valence-electron chi connectivity index (χ0n) is 14.5. The summed E-state index contributed by atoms with van der Waals surface area (Å²) in [5.41, 5.74) is 2.48. The summed E-state index contributed by atoms with van der Waals surface area (Å²) in [6, 6.07) is 14.1. The molecule has 2 amide bonds. The molecule has 0 aliphatic heterocycles. The van der Waals surface area contributed by atoms with Gasteiger partial charge in [-0.1, -0.05) is 6.07 Å². The van der Waals surface area contributed by atoms with Gasteiger partial charge in [-0.2, -0.15) is 0 Å². The molecule has 1 aliphatic rings. The predicted octanol–water partition coefficient (Wildman–Crippen LogP) is 2.83. The highest BCUT2D eigenvalue weighted by atomic mass is 16.2. The van der Waals surface area contributed by atoms with Gasteiger partial charge in [-0.25, -0.2) is 0 Å². The Balaban J connectivity index is 1.52. The van der Waals surface area contributed by atoms with Crippen LogP contribution in [-0.2, 0) is 4.79 Å². The van der Waals surface area contributed by atoms with Crippen LogP contribution in [0.1, 0.15) is 40.5 Å². The molecule has 0 heterocycles. The molecule has 2 aromatic rings. The third-order valence-corrected chi connectivity index (χ3v) is 4.07. The standard InChI is InChI=1S/C20H21N3O3/c1-13(24)14-5-7-16(8-6-14)21-12-19(25)22-18-4-2-3-15(11-18)20(26)23-17-9-10-17/h2-8,11,17,21H,9-10,12H2,1H3,(H,22,25)(H,23,26). The van der Waals surface area contributed by atoms with Crippen molar-refractivity contribution in [3.8, 4) is 0 Å². The number of nitrogens with one attached hydrogen (secondary N) is 3. The third kappa shape index (κ3) is 4.92. The lowest BCUT2D eigenvalue weighted by Crippen LogP contribution is -2.26. The van der Waals surface area contributed by atoms with Crippen molar-refractivity contribution in [1.82, 2.24) is 5.32 Å². The summed E-state index contributed by atoms with van der Waals surface area (Å²) in [5, 5.41) is 8.69. The quantitative estimate of drug-likeness (QED) is 0.670. The van der Waals surface area contributed by atoms with Gasteiger partial charge in [-0.3, -0.25) is 14.4 Å². The average Bonchev–Trinajstić information content (AvgIpc) is 3.44. The fraction of sp³-hybridized carbons (Fsp3) is 0.250. The molecular formula is C20H21N3O3. The molecule has 3 rings (SSSR count). The van der Waals surface area contributed by atoms with Gasteiger partial charge in [0, 0.05) is 28.5 Å². The summed E-state index contributed by atoms with van der Waals surface area (Å²) in [6.45, 7) is 1.59. The van der Waals surface area contributed by atoms with Gasteiger partial charge in [0.15, 0.2) is 5.78 Å². The second kappa shape index (κ2) is 7.82. The molecule has 0 bridgehead atoms. The molecule has 1 saturated carbocycles. The van der Waals surface area contributed by atoms with Gasteiger partial charge in [-0.15, -0.1) is 0 Å². The van der Waals surface area contributed by atoms with E-state index >= 15 is 0 Å². The Morgan fingerprint density at radius 1 is 0.962 bits per heavy atom. The number of carbonyl (C=O) groups is 3. The first kappa shape index (κ1) is 17.7. The number of hydrogen-bond donors (Lipinski definition) is 3. The average molecular weight is 351 g/mol. The molecule has 0 aromatic heterocycles. The van der Waals surface area contributed by atoms with Crippen LogP contribution in [0.5, 0.6) is 0 Å². The molecule has 6 heteroatoms. The Labute approximate surface area is 152 Å². The van der Waals surface area contributed by atoms with Crippen molar-refractivity contribution >= 4 is 29.0 Å². The van der Waals surface area contributed by atoms with Crippen LogP contribution in [0.25, 0.3) is 0 Å². The van der Waals surface area contributed by atoms with E-state index in [1.807, 2.05) is 0 Å². The lowest BCUT2D eigenvalue weighted by atomic mass is 10.1. The molecule has 6 nitrogen and oxygen atoms in total. The first-order valence-electron chi connectivity index (χ1n) is 8.57. The first-order chi connectivity index (χ1) is 12.5. The normalized spacial score (nSPS) is 13.0. The molecule has 0 unspecified atom stereocenters. The van der Waals surface area contributed by atoms with Gasteiger partial charge in [0.1, 0.15) is 0 Å². The van der Waals surface area contributed by atoms with Crippen molar-refractivity contribution in [2.45, 2.75) is 25.8 Å². The van der Waals surface area contributed by atoms with Gasteiger partial charge in [0.2, 0.25) is 5.91 Å². The van der Waals surface area contributed by atoms with Gasteiger partial charge in [0.25, 0.3) is 5.91 Å². The maximum Gasteiger partial charge on any atom is 0.251 e. The van der Waals surface area contributed by atoms with Crippen molar-refractivity contribution in [3.63, 3.8) is 0 Å². The molecule has 2 aromatic carbocycles. The van der Waals surface area contributed by atoms with E-state index in [9.17, 15) is 14.4 Å². The number of amides is 2. The Bertz CT molecular complexity index is 826. The molecule has 1 aliphatic carbocycles. The minimum absolute atomic E-state index is 0.0000951. The van der Waals surface area contributed by atoms with Crippen LogP contribution in [0, 0.1) is 0 Å². The lowest BCUT2D eigenvalue weighted by Gasteiger charge is -2.09. The van der Waals surface area contributed by atoms with Crippen LogP contribution in [0.15, 0.2) is 48.5 Å². The van der Waals surface area contributed by atoms with E-state index in [1.54, 1.807) is 48.5 Å². The molecule has 0 spiro atoms. The monoisotopic (exact) mass is 351 g/mol. The maximum atomic E-state index is 12.1. The number of rotatable bonds is 7. The summed E-state index contributed by atoms with van der Waals surface area (Å²) in [4.78, 5) is 35.4. The van der Waals surface area contributed by atoms with E-state index in [2.05, 4.69) is 16.0 Å². The van der Waals surface area contributed by atoms with E-state index < -0.39 is 0 Å². The van der Waals surface area contributed by atoms with E-state index in [-0.39, 0.29) is 24.1 Å². The first-order valence-corrected chi connectivity index (χ1v) is 8.57. The summed E-state index contributed by atoms with van der Waals surface area (Å²) in [7, 11) is 0. The van der Waals surface area contributed by atoms with Gasteiger partial charge < -0.3 is 16.0 Å². The topological polar surface area (TPSA) is 87.3 Å². The molecule has 0 saturated heterocycles. The Kier molecular flexibility index (Phi) is 5.31. The number of anilines is 2. The SMILES string of the molecule is CC(=O)c1ccc(NCC(=O)Nc2cccc(C(=O)NC3CC3)c2)cc1. The highest BCUT2D eigenvalue weighted by Crippen LogP contribution is 2.20. The summed E-state index contributed by atoms with van der Waals surface area (Å²) >= 11 is 0. The minimum atomic E-state index is -0.222. The fourth-order valence-corrected chi connectivity index (χ4v) is 2.44. The van der Waals surface area contributed by atoms with Gasteiger partial charge >= 0.3 is 0 Å². The smallest absolute Gasteiger partial charge is 0.251 e. The van der Waals surface area contributed by atoms with Crippen molar-refractivity contribution in [2.24, 2.45) is 0 Å². The van der Waals surface area contributed by atoms with Crippen molar-refractivity contribution in [1.29, 1.82) is 0 Å². The zero-order chi connectivity index (χ0) is 18.5. The summed E-state index contributed by atoms with van der Waals surface area (Å²) in [5.74, 6) is -0.340. The molecule has 1 fully saturated rings. The second-order valence-corrected chi connectivity index (χ2v) is 6.36. The van der Waals surface area contributed by atoms with Gasteiger partial charge in [-0.05, 0) is 62.2 Å². The number of hydrogen-bond acceptors (Lipinski definition) is 4. The summed E-state index contributed by atoms with van der Waals surface area (Å²) < 4.78 is 0. The van der Waals surface area contributed by atoms with Crippen LogP contribution in [-0.4, -0.2) is 30.2 Å². The van der Waals surface area contributed by atoms with Crippen LogP contribution in [0.3, 0.4) is 0 Å². The number of ketones is 1. The minimum Gasteiger partial charge on any atom is -0.376 e.